The number of hydrogen-bond donors (Lipinski definition) is 1. The zero-order chi connectivity index (χ0) is 19.1. The monoisotopic (exact) mass is 364 g/mol. The molecule has 2 nitrogen and oxygen atoms in total. The Morgan fingerprint density at radius 1 is 1.38 bits per heavy atom. The number of allylic oxidation sites excluding steroid dienone is 1. The van der Waals surface area contributed by atoms with Crippen molar-refractivity contribution >= 4 is 17.7 Å². The van der Waals surface area contributed by atoms with E-state index in [2.05, 4.69) is 49.6 Å². The van der Waals surface area contributed by atoms with E-state index in [0.29, 0.717) is 5.15 Å². The first-order chi connectivity index (χ1) is 12.5. The molecule has 0 spiro atoms. The van der Waals surface area contributed by atoms with Gasteiger partial charge in [0.15, 0.2) is 0 Å². The third-order valence-corrected chi connectivity index (χ3v) is 4.58. The van der Waals surface area contributed by atoms with Crippen LogP contribution < -0.4 is 5.32 Å². The quantitative estimate of drug-likeness (QED) is 0.282. The summed E-state index contributed by atoms with van der Waals surface area (Å²) in [5, 5.41) is 3.84. The van der Waals surface area contributed by atoms with Gasteiger partial charge in [-0.05, 0) is 78.4 Å². The summed E-state index contributed by atoms with van der Waals surface area (Å²) in [4.78, 5) is 4.06. The molecule has 0 unspecified atom stereocenters. The maximum absolute atomic E-state index is 6.06. The van der Waals surface area contributed by atoms with Gasteiger partial charge >= 0.3 is 0 Å². The normalized spacial score (nSPS) is 11.1. The lowest BCUT2D eigenvalue weighted by molar-refractivity contribution is 0.716. The predicted molar refractivity (Wildman–Crippen MR) is 113 cm³/mol. The van der Waals surface area contributed by atoms with Gasteiger partial charge in [0.2, 0.25) is 0 Å². The molecule has 0 aliphatic heterocycles. The average Bonchev–Trinajstić information content (AvgIpc) is 2.63. The second-order valence-electron chi connectivity index (χ2n) is 6.34. The smallest absolute Gasteiger partial charge is 0.129 e. The number of rotatable bonds is 7. The van der Waals surface area contributed by atoms with E-state index in [1.165, 1.54) is 0 Å². The summed E-state index contributed by atoms with van der Waals surface area (Å²) in [6, 6.07) is 7.85. The molecule has 0 aliphatic carbocycles. The zero-order valence-electron chi connectivity index (χ0n) is 15.7. The molecule has 0 bridgehead atoms. The van der Waals surface area contributed by atoms with Crippen molar-refractivity contribution in [3.63, 3.8) is 0 Å². The lowest BCUT2D eigenvalue weighted by Gasteiger charge is -2.14. The van der Waals surface area contributed by atoms with Crippen LogP contribution in [-0.4, -0.2) is 11.5 Å². The third kappa shape index (κ3) is 5.00. The lowest BCUT2D eigenvalue weighted by Crippen LogP contribution is -2.14. The van der Waals surface area contributed by atoms with E-state index in [4.69, 9.17) is 18.0 Å². The van der Waals surface area contributed by atoms with Gasteiger partial charge in [0.25, 0.3) is 0 Å². The number of hydrogen-bond acceptors (Lipinski definition) is 2. The van der Waals surface area contributed by atoms with Gasteiger partial charge in [-0.15, -0.1) is 6.42 Å². The van der Waals surface area contributed by atoms with Crippen molar-refractivity contribution in [2.75, 3.05) is 6.54 Å². The van der Waals surface area contributed by atoms with Crippen molar-refractivity contribution in [1.82, 2.24) is 10.3 Å². The number of halogens is 1. The second kappa shape index (κ2) is 9.27. The first kappa shape index (κ1) is 19.8. The van der Waals surface area contributed by atoms with E-state index in [-0.39, 0.29) is 0 Å². The lowest BCUT2D eigenvalue weighted by atomic mass is 9.93. The van der Waals surface area contributed by atoms with E-state index in [0.717, 1.165) is 58.5 Å². The first-order valence-electron chi connectivity index (χ1n) is 8.81. The van der Waals surface area contributed by atoms with Crippen LogP contribution in [0.5, 0.6) is 0 Å². The van der Waals surface area contributed by atoms with Gasteiger partial charge in [0.1, 0.15) is 5.15 Å². The van der Waals surface area contributed by atoms with Crippen LogP contribution in [0.3, 0.4) is 0 Å². The van der Waals surface area contributed by atoms with Crippen LogP contribution in [-0.2, 0) is 0 Å². The van der Waals surface area contributed by atoms with Crippen LogP contribution in [0.2, 0.25) is 5.15 Å². The Morgan fingerprint density at radius 3 is 2.81 bits per heavy atom. The van der Waals surface area contributed by atoms with E-state index < -0.39 is 0 Å². The van der Waals surface area contributed by atoms with Gasteiger partial charge in [0, 0.05) is 24.0 Å². The van der Waals surface area contributed by atoms with Gasteiger partial charge in [0.05, 0.1) is 0 Å². The standard InChI is InChI=1S/C23H25ClN2/c1-6-8-10-25-18(5)16(3)12-21-13-19(7-2)14-22(17(21)4)20-9-11-26-23(24)15-20/h2,9,11-15,25H,5-6,8,10H2,1,3-4H3/b16-12+. The molecule has 0 saturated carbocycles. The van der Waals surface area contributed by atoms with Crippen LogP contribution in [0.25, 0.3) is 17.2 Å². The molecule has 1 aromatic heterocycles. The molecule has 1 aromatic carbocycles. The molecule has 0 amide bonds. The maximum Gasteiger partial charge on any atom is 0.129 e. The Bertz CT molecular complexity index is 872. The molecule has 0 saturated heterocycles. The molecule has 1 N–H and O–H groups in total. The minimum Gasteiger partial charge on any atom is -0.385 e. The average molecular weight is 365 g/mol. The van der Waals surface area contributed by atoms with Crippen LogP contribution in [0.4, 0.5) is 0 Å². The van der Waals surface area contributed by atoms with E-state index in [9.17, 15) is 0 Å². The molecule has 2 rings (SSSR count). The Morgan fingerprint density at radius 2 is 2.15 bits per heavy atom. The van der Waals surface area contributed by atoms with E-state index in [1.807, 2.05) is 24.3 Å². The van der Waals surface area contributed by atoms with Crippen molar-refractivity contribution < 1.29 is 0 Å². The van der Waals surface area contributed by atoms with Gasteiger partial charge in [-0.2, -0.15) is 0 Å². The van der Waals surface area contributed by atoms with E-state index >= 15 is 0 Å². The molecular formula is C23H25ClN2. The van der Waals surface area contributed by atoms with Crippen LogP contribution in [0, 0.1) is 19.3 Å². The number of pyridine rings is 1. The number of unbranched alkanes of at least 4 members (excludes halogenated alkanes) is 1. The number of nitrogens with zero attached hydrogens (tertiary/aromatic N) is 1. The molecular weight excluding hydrogens is 340 g/mol. The number of terminal acetylenes is 1. The van der Waals surface area contributed by atoms with Crippen LogP contribution in [0.1, 0.15) is 43.4 Å². The summed E-state index contributed by atoms with van der Waals surface area (Å²) < 4.78 is 0. The van der Waals surface area contributed by atoms with Gasteiger partial charge < -0.3 is 5.32 Å². The van der Waals surface area contributed by atoms with Crippen molar-refractivity contribution in [3.8, 4) is 23.5 Å². The number of aromatic nitrogens is 1. The van der Waals surface area contributed by atoms with Crippen molar-refractivity contribution in [1.29, 1.82) is 0 Å². The molecule has 0 fully saturated rings. The third-order valence-electron chi connectivity index (χ3n) is 4.37. The molecule has 0 aliphatic rings. The zero-order valence-corrected chi connectivity index (χ0v) is 16.5. The SMILES string of the molecule is C#Cc1cc(/C=C(\C)C(=C)NCCCC)c(C)c(-c2ccnc(Cl)c2)c1. The highest BCUT2D eigenvalue weighted by Crippen LogP contribution is 2.30. The Kier molecular flexibility index (Phi) is 7.06. The molecule has 26 heavy (non-hydrogen) atoms. The summed E-state index contributed by atoms with van der Waals surface area (Å²) in [7, 11) is 0. The number of benzene rings is 1. The van der Waals surface area contributed by atoms with Gasteiger partial charge in [-0.25, -0.2) is 4.98 Å². The highest BCUT2D eigenvalue weighted by Gasteiger charge is 2.09. The maximum atomic E-state index is 6.06. The molecule has 0 radical (unpaired) electrons. The predicted octanol–water partition coefficient (Wildman–Crippen LogP) is 6.00. The van der Waals surface area contributed by atoms with Crippen LogP contribution in [0.15, 0.2) is 48.3 Å². The summed E-state index contributed by atoms with van der Waals surface area (Å²) in [5.74, 6) is 2.75. The number of nitrogens with one attached hydrogen (secondary N) is 1. The summed E-state index contributed by atoms with van der Waals surface area (Å²) in [5.41, 5.74) is 7.17. The van der Waals surface area contributed by atoms with Crippen molar-refractivity contribution in [2.45, 2.75) is 33.6 Å². The fraction of sp³-hybridized carbons (Fsp3) is 0.261. The summed E-state index contributed by atoms with van der Waals surface area (Å²) in [6.07, 6.45) is 11.8. The largest absolute Gasteiger partial charge is 0.385 e. The highest BCUT2D eigenvalue weighted by atomic mass is 35.5. The molecule has 1 heterocycles. The minimum absolute atomic E-state index is 0.467. The minimum atomic E-state index is 0.467. The van der Waals surface area contributed by atoms with Crippen LogP contribution >= 0.6 is 11.6 Å². The fourth-order valence-electron chi connectivity index (χ4n) is 2.72. The molecule has 134 valence electrons. The van der Waals surface area contributed by atoms with Crippen molar-refractivity contribution in [3.05, 3.63) is 70.2 Å². The molecule has 3 heteroatoms. The van der Waals surface area contributed by atoms with Crippen molar-refractivity contribution in [2.24, 2.45) is 0 Å². The first-order valence-corrected chi connectivity index (χ1v) is 9.18. The Labute approximate surface area is 162 Å². The molecule has 2 aromatic rings. The fourth-order valence-corrected chi connectivity index (χ4v) is 2.89. The highest BCUT2D eigenvalue weighted by molar-refractivity contribution is 6.29. The summed E-state index contributed by atoms with van der Waals surface area (Å²) >= 11 is 6.06. The summed E-state index contributed by atoms with van der Waals surface area (Å²) in [6.45, 7) is 11.4. The Hall–Kier alpha value is -2.50. The van der Waals surface area contributed by atoms with Gasteiger partial charge in [-0.3, -0.25) is 0 Å². The topological polar surface area (TPSA) is 24.9 Å². The molecule has 0 atom stereocenters. The second-order valence-corrected chi connectivity index (χ2v) is 6.72. The Balaban J connectivity index is 2.43. The van der Waals surface area contributed by atoms with Gasteiger partial charge in [-0.1, -0.05) is 37.4 Å². The van der Waals surface area contributed by atoms with E-state index in [1.54, 1.807) is 6.20 Å².